The van der Waals surface area contributed by atoms with Gasteiger partial charge in [0, 0.05) is 36.6 Å². The summed E-state index contributed by atoms with van der Waals surface area (Å²) in [6.07, 6.45) is 0.718. The molecule has 0 bridgehead atoms. The van der Waals surface area contributed by atoms with Crippen LogP contribution in [0.25, 0.3) is 0 Å². The lowest BCUT2D eigenvalue weighted by atomic mass is 10.2. The number of nitrogens with one attached hydrogen (secondary N) is 1. The second-order valence-corrected chi connectivity index (χ2v) is 8.68. The molecule has 1 atom stereocenters. The van der Waals surface area contributed by atoms with Crippen molar-refractivity contribution in [1.29, 1.82) is 0 Å². The Morgan fingerprint density at radius 1 is 1.15 bits per heavy atom. The van der Waals surface area contributed by atoms with Crippen LogP contribution in [-0.4, -0.2) is 25.8 Å². The van der Waals surface area contributed by atoms with Crippen LogP contribution in [0, 0.1) is 6.92 Å². The molecule has 0 radical (unpaired) electrons. The topological polar surface area (TPSA) is 104 Å². The molecule has 0 aliphatic heterocycles. The van der Waals surface area contributed by atoms with Gasteiger partial charge < -0.3 is 19.2 Å². The molecule has 0 spiro atoms. The Labute approximate surface area is 201 Å². The number of aromatic nitrogens is 1. The summed E-state index contributed by atoms with van der Waals surface area (Å²) in [6.45, 7) is 4.14. The smallest absolute Gasteiger partial charge is 0.271 e. The Morgan fingerprint density at radius 2 is 1.82 bits per heavy atom. The van der Waals surface area contributed by atoms with Gasteiger partial charge in [-0.2, -0.15) is 0 Å². The number of rotatable bonds is 10. The van der Waals surface area contributed by atoms with E-state index in [1.807, 2.05) is 43.3 Å². The van der Waals surface area contributed by atoms with Gasteiger partial charge in [0.05, 0.1) is 12.2 Å². The van der Waals surface area contributed by atoms with E-state index in [-0.39, 0.29) is 24.6 Å². The number of carbonyl (C=O) groups excluding carboxylic acids is 1. The highest BCUT2D eigenvalue weighted by molar-refractivity contribution is 7.80. The van der Waals surface area contributed by atoms with E-state index in [0.29, 0.717) is 17.9 Å². The Hall–Kier alpha value is -3.43. The number of aryl methyl sites for hydroxylation is 1. The summed E-state index contributed by atoms with van der Waals surface area (Å²) in [5.74, 6) is -0.536. The quantitative estimate of drug-likeness (QED) is 0.447. The SMILES string of the molecule is CCCNC(=O)c1c(OCc2ccccc2)c(=O)cc(CN(c2ccccc2C)S(=O)[O-])n1C. The normalized spacial score (nSPS) is 11.6. The van der Waals surface area contributed by atoms with E-state index in [2.05, 4.69) is 5.32 Å². The molecule has 1 aromatic heterocycles. The summed E-state index contributed by atoms with van der Waals surface area (Å²) in [7, 11) is 1.62. The average molecular weight is 483 g/mol. The van der Waals surface area contributed by atoms with E-state index in [9.17, 15) is 18.4 Å². The summed E-state index contributed by atoms with van der Waals surface area (Å²) < 4.78 is 32.6. The van der Waals surface area contributed by atoms with E-state index in [4.69, 9.17) is 4.74 Å². The van der Waals surface area contributed by atoms with Crippen LogP contribution in [0.5, 0.6) is 5.75 Å². The minimum Gasteiger partial charge on any atom is -0.755 e. The molecule has 8 nitrogen and oxygen atoms in total. The van der Waals surface area contributed by atoms with Crippen molar-refractivity contribution in [3.05, 3.63) is 93.4 Å². The van der Waals surface area contributed by atoms with Gasteiger partial charge in [-0.3, -0.25) is 18.1 Å². The first kappa shape index (κ1) is 25.2. The predicted octanol–water partition coefficient (Wildman–Crippen LogP) is 3.21. The molecule has 1 amide bonds. The number of amides is 1. The summed E-state index contributed by atoms with van der Waals surface area (Å²) in [4.78, 5) is 26.1. The van der Waals surface area contributed by atoms with Crippen LogP contribution < -0.4 is 19.8 Å². The van der Waals surface area contributed by atoms with Crippen LogP contribution in [0.1, 0.15) is 40.7 Å². The molecule has 0 saturated carbocycles. The van der Waals surface area contributed by atoms with Gasteiger partial charge in [0.1, 0.15) is 6.61 Å². The number of hydrogen-bond acceptors (Lipinski definition) is 5. The van der Waals surface area contributed by atoms with E-state index >= 15 is 0 Å². The average Bonchev–Trinajstić information content (AvgIpc) is 2.82. The zero-order valence-electron chi connectivity index (χ0n) is 19.4. The Morgan fingerprint density at radius 3 is 2.47 bits per heavy atom. The number of hydrogen-bond donors (Lipinski definition) is 1. The van der Waals surface area contributed by atoms with Gasteiger partial charge in [-0.05, 0) is 30.5 Å². The molecule has 1 N–H and O–H groups in total. The minimum atomic E-state index is -2.60. The van der Waals surface area contributed by atoms with Crippen molar-refractivity contribution in [1.82, 2.24) is 9.88 Å². The van der Waals surface area contributed by atoms with Gasteiger partial charge in [0.2, 0.25) is 5.43 Å². The second-order valence-electron chi connectivity index (χ2n) is 7.81. The van der Waals surface area contributed by atoms with Crippen molar-refractivity contribution in [2.75, 3.05) is 10.8 Å². The van der Waals surface area contributed by atoms with E-state index in [1.165, 1.54) is 10.6 Å². The van der Waals surface area contributed by atoms with Crippen LogP contribution in [0.3, 0.4) is 0 Å². The monoisotopic (exact) mass is 482 g/mol. The molecule has 3 rings (SSSR count). The number of ether oxygens (including phenoxy) is 1. The molecule has 180 valence electrons. The first-order valence-corrected chi connectivity index (χ1v) is 12.0. The maximum Gasteiger partial charge on any atom is 0.271 e. The molecular formula is C25H28N3O5S-. The summed E-state index contributed by atoms with van der Waals surface area (Å²) in [5.41, 5.74) is 2.01. The number of para-hydroxylation sites is 1. The Kier molecular flexibility index (Phi) is 8.61. The molecule has 1 unspecified atom stereocenters. The van der Waals surface area contributed by atoms with Gasteiger partial charge in [0.15, 0.2) is 11.4 Å². The zero-order chi connectivity index (χ0) is 24.7. The lowest BCUT2D eigenvalue weighted by Crippen LogP contribution is -2.33. The third kappa shape index (κ3) is 5.92. The molecule has 0 aliphatic carbocycles. The number of carbonyl (C=O) groups is 1. The zero-order valence-corrected chi connectivity index (χ0v) is 20.3. The molecular weight excluding hydrogens is 454 g/mol. The molecule has 34 heavy (non-hydrogen) atoms. The number of anilines is 1. The lowest BCUT2D eigenvalue weighted by molar-refractivity contribution is 0.0938. The molecule has 2 aromatic carbocycles. The van der Waals surface area contributed by atoms with Crippen LogP contribution in [0.15, 0.2) is 65.5 Å². The van der Waals surface area contributed by atoms with Gasteiger partial charge in [-0.1, -0.05) is 55.5 Å². The number of benzene rings is 2. The molecule has 1 heterocycles. The van der Waals surface area contributed by atoms with Crippen molar-refractivity contribution in [3.63, 3.8) is 0 Å². The number of pyridine rings is 1. The van der Waals surface area contributed by atoms with E-state index in [0.717, 1.165) is 21.9 Å². The largest absolute Gasteiger partial charge is 0.755 e. The Balaban J connectivity index is 2.04. The lowest BCUT2D eigenvalue weighted by Gasteiger charge is -2.29. The van der Waals surface area contributed by atoms with Crippen LogP contribution >= 0.6 is 0 Å². The third-order valence-corrected chi connectivity index (χ3v) is 6.03. The van der Waals surface area contributed by atoms with Crippen LogP contribution in [-0.2, 0) is 31.5 Å². The van der Waals surface area contributed by atoms with E-state index in [1.54, 1.807) is 32.2 Å². The van der Waals surface area contributed by atoms with Crippen molar-refractivity contribution >= 4 is 22.9 Å². The fourth-order valence-corrected chi connectivity index (χ4v) is 4.14. The predicted molar refractivity (Wildman–Crippen MR) is 131 cm³/mol. The van der Waals surface area contributed by atoms with Gasteiger partial charge >= 0.3 is 0 Å². The molecule has 0 saturated heterocycles. The molecule has 3 aromatic rings. The highest BCUT2D eigenvalue weighted by atomic mass is 32.2. The maximum absolute atomic E-state index is 13.1. The van der Waals surface area contributed by atoms with Gasteiger partial charge in [0.25, 0.3) is 5.91 Å². The van der Waals surface area contributed by atoms with Crippen LogP contribution in [0.2, 0.25) is 0 Å². The molecule has 9 heteroatoms. The van der Waals surface area contributed by atoms with Crippen molar-refractivity contribution in [3.8, 4) is 5.75 Å². The first-order chi connectivity index (χ1) is 16.3. The summed E-state index contributed by atoms with van der Waals surface area (Å²) in [6, 6.07) is 17.7. The van der Waals surface area contributed by atoms with Crippen molar-refractivity contribution < 1.29 is 18.3 Å². The van der Waals surface area contributed by atoms with Crippen molar-refractivity contribution in [2.24, 2.45) is 7.05 Å². The van der Waals surface area contributed by atoms with Crippen molar-refractivity contribution in [2.45, 2.75) is 33.4 Å². The summed E-state index contributed by atoms with van der Waals surface area (Å²) in [5, 5.41) is 2.79. The molecule has 0 aliphatic rings. The Bertz CT molecular complexity index is 1230. The standard InChI is InChI=1S/C25H29N3O5S/c1-4-14-26-25(30)23-24(33-17-19-11-6-5-7-12-19)22(29)15-20(27(23)3)16-28(34(31)32)21-13-9-8-10-18(21)2/h5-13,15H,4,14,16-17H2,1-3H3,(H,26,30)(H,31,32)/p-1. The second kappa shape index (κ2) is 11.6. The first-order valence-electron chi connectivity index (χ1n) is 10.9. The maximum atomic E-state index is 13.1. The highest BCUT2D eigenvalue weighted by Gasteiger charge is 2.23. The minimum absolute atomic E-state index is 0.0493. The fraction of sp³-hybridized carbons (Fsp3) is 0.280. The molecule has 0 fully saturated rings. The number of nitrogens with zero attached hydrogens (tertiary/aromatic N) is 2. The summed E-state index contributed by atoms with van der Waals surface area (Å²) >= 11 is -2.60. The fourth-order valence-electron chi connectivity index (χ4n) is 3.53. The van der Waals surface area contributed by atoms with Gasteiger partial charge in [-0.25, -0.2) is 0 Å². The third-order valence-electron chi connectivity index (χ3n) is 5.35. The van der Waals surface area contributed by atoms with Crippen LogP contribution in [0.4, 0.5) is 5.69 Å². The van der Waals surface area contributed by atoms with Gasteiger partial charge in [-0.15, -0.1) is 0 Å². The van der Waals surface area contributed by atoms with E-state index < -0.39 is 22.6 Å². The highest BCUT2D eigenvalue weighted by Crippen LogP contribution is 2.24.